The number of anilines is 1. The van der Waals surface area contributed by atoms with Crippen LogP contribution in [0.4, 0.5) is 5.69 Å². The predicted molar refractivity (Wildman–Crippen MR) is 54.1 cm³/mol. The molecule has 1 aliphatic carbocycles. The molecule has 2 aliphatic rings. The van der Waals surface area contributed by atoms with Crippen molar-refractivity contribution in [3.05, 3.63) is 18.2 Å². The molecule has 1 spiro atoms. The zero-order chi connectivity index (χ0) is 9.60. The van der Waals surface area contributed by atoms with Gasteiger partial charge in [-0.15, -0.1) is 0 Å². The molecule has 74 valence electrons. The second-order valence-electron chi connectivity index (χ2n) is 4.00. The number of methoxy groups -OCH3 is 1. The van der Waals surface area contributed by atoms with Crippen molar-refractivity contribution in [2.24, 2.45) is 0 Å². The topological polar surface area (TPSA) is 30.5 Å². The molecule has 0 aromatic heterocycles. The summed E-state index contributed by atoms with van der Waals surface area (Å²) in [6.07, 6.45) is 2.33. The molecule has 14 heavy (non-hydrogen) atoms. The maximum Gasteiger partial charge on any atom is 0.147 e. The Morgan fingerprint density at radius 2 is 2.29 bits per heavy atom. The summed E-state index contributed by atoms with van der Waals surface area (Å²) in [5.74, 6) is 1.77. The van der Waals surface area contributed by atoms with E-state index < -0.39 is 0 Å². The molecule has 0 saturated heterocycles. The first-order valence-electron chi connectivity index (χ1n) is 4.92. The molecule has 1 aromatic carbocycles. The van der Waals surface area contributed by atoms with Crippen LogP contribution in [0.3, 0.4) is 0 Å². The summed E-state index contributed by atoms with van der Waals surface area (Å²) in [5, 5.41) is 3.39. The van der Waals surface area contributed by atoms with Crippen molar-refractivity contribution in [1.29, 1.82) is 0 Å². The lowest BCUT2D eigenvalue weighted by atomic mass is 10.2. The first-order chi connectivity index (χ1) is 6.81. The van der Waals surface area contributed by atoms with E-state index in [1.165, 1.54) is 0 Å². The Balaban J connectivity index is 1.97. The summed E-state index contributed by atoms with van der Waals surface area (Å²) >= 11 is 0. The number of fused-ring (bicyclic) bond motifs is 1. The van der Waals surface area contributed by atoms with Gasteiger partial charge in [-0.25, -0.2) is 0 Å². The van der Waals surface area contributed by atoms with Crippen LogP contribution in [0.1, 0.15) is 12.8 Å². The van der Waals surface area contributed by atoms with Crippen molar-refractivity contribution < 1.29 is 9.47 Å². The minimum Gasteiger partial charge on any atom is -0.497 e. The summed E-state index contributed by atoms with van der Waals surface area (Å²) in [6.45, 7) is 0.937. The molecule has 3 heteroatoms. The number of hydrogen-bond acceptors (Lipinski definition) is 3. The molecule has 1 fully saturated rings. The lowest BCUT2D eigenvalue weighted by molar-refractivity contribution is 0.183. The van der Waals surface area contributed by atoms with Gasteiger partial charge in [0.15, 0.2) is 0 Å². The van der Waals surface area contributed by atoms with E-state index in [2.05, 4.69) is 5.32 Å². The van der Waals surface area contributed by atoms with E-state index in [0.29, 0.717) is 0 Å². The lowest BCUT2D eigenvalue weighted by Gasteiger charge is -2.27. The van der Waals surface area contributed by atoms with Gasteiger partial charge in [-0.3, -0.25) is 0 Å². The van der Waals surface area contributed by atoms with E-state index in [4.69, 9.17) is 9.47 Å². The van der Waals surface area contributed by atoms with Gasteiger partial charge in [-0.05, 0) is 25.0 Å². The molecule has 0 radical (unpaired) electrons. The SMILES string of the molecule is COc1ccc2c(c1)OC1(CC1)CN2. The fourth-order valence-corrected chi connectivity index (χ4v) is 1.80. The molecule has 1 saturated carbocycles. The average Bonchev–Trinajstić information content (AvgIpc) is 2.97. The molecule has 0 amide bonds. The molecule has 1 N–H and O–H groups in total. The summed E-state index contributed by atoms with van der Waals surface area (Å²) in [5.41, 5.74) is 1.17. The molecule has 3 rings (SSSR count). The predicted octanol–water partition coefficient (Wildman–Crippen LogP) is 2.03. The fourth-order valence-electron chi connectivity index (χ4n) is 1.80. The number of rotatable bonds is 1. The van der Waals surface area contributed by atoms with Crippen molar-refractivity contribution in [3.63, 3.8) is 0 Å². The Morgan fingerprint density at radius 1 is 1.43 bits per heavy atom. The second kappa shape index (κ2) is 2.56. The van der Waals surface area contributed by atoms with Gasteiger partial charge in [0, 0.05) is 6.07 Å². The van der Waals surface area contributed by atoms with Crippen LogP contribution in [0, 0.1) is 0 Å². The number of ether oxygens (including phenoxy) is 2. The molecule has 0 unspecified atom stereocenters. The van der Waals surface area contributed by atoms with Crippen molar-refractivity contribution in [1.82, 2.24) is 0 Å². The van der Waals surface area contributed by atoms with Crippen LogP contribution in [-0.2, 0) is 0 Å². The summed E-state index contributed by atoms with van der Waals surface area (Å²) in [6, 6.07) is 5.89. The van der Waals surface area contributed by atoms with Crippen molar-refractivity contribution >= 4 is 5.69 Å². The smallest absolute Gasteiger partial charge is 0.147 e. The van der Waals surface area contributed by atoms with Crippen LogP contribution in [0.15, 0.2) is 18.2 Å². The third-order valence-corrected chi connectivity index (χ3v) is 2.92. The Kier molecular flexibility index (Phi) is 1.46. The van der Waals surface area contributed by atoms with E-state index in [9.17, 15) is 0 Å². The first kappa shape index (κ1) is 7.97. The Labute approximate surface area is 83.0 Å². The highest BCUT2D eigenvalue weighted by molar-refractivity contribution is 5.61. The van der Waals surface area contributed by atoms with Gasteiger partial charge in [0.2, 0.25) is 0 Å². The van der Waals surface area contributed by atoms with E-state index in [0.717, 1.165) is 36.6 Å². The second-order valence-corrected chi connectivity index (χ2v) is 4.00. The molecular formula is C11H13NO2. The van der Waals surface area contributed by atoms with Crippen LogP contribution in [0.5, 0.6) is 11.5 Å². The number of hydrogen-bond donors (Lipinski definition) is 1. The molecule has 1 aromatic rings. The quantitative estimate of drug-likeness (QED) is 0.736. The Morgan fingerprint density at radius 3 is 3.00 bits per heavy atom. The van der Waals surface area contributed by atoms with Crippen molar-refractivity contribution in [2.45, 2.75) is 18.4 Å². The Bertz CT molecular complexity index is 372. The van der Waals surface area contributed by atoms with Crippen molar-refractivity contribution in [2.75, 3.05) is 19.0 Å². The van der Waals surface area contributed by atoms with Crippen molar-refractivity contribution in [3.8, 4) is 11.5 Å². The molecule has 0 atom stereocenters. The molecular weight excluding hydrogens is 178 g/mol. The van der Waals surface area contributed by atoms with Crippen LogP contribution >= 0.6 is 0 Å². The third-order valence-electron chi connectivity index (χ3n) is 2.92. The zero-order valence-corrected chi connectivity index (χ0v) is 8.17. The average molecular weight is 191 g/mol. The monoisotopic (exact) mass is 191 g/mol. The molecule has 3 nitrogen and oxygen atoms in total. The van der Waals surface area contributed by atoms with E-state index in [1.807, 2.05) is 18.2 Å². The summed E-state index contributed by atoms with van der Waals surface area (Å²) in [7, 11) is 1.67. The maximum atomic E-state index is 5.93. The highest BCUT2D eigenvalue weighted by atomic mass is 16.5. The summed E-state index contributed by atoms with van der Waals surface area (Å²) in [4.78, 5) is 0. The van der Waals surface area contributed by atoms with Crippen LogP contribution < -0.4 is 14.8 Å². The van der Waals surface area contributed by atoms with E-state index >= 15 is 0 Å². The zero-order valence-electron chi connectivity index (χ0n) is 8.17. The van der Waals surface area contributed by atoms with Gasteiger partial charge in [0.1, 0.15) is 17.1 Å². The standard InChI is InChI=1S/C11H13NO2/c1-13-8-2-3-9-10(6-8)14-11(4-5-11)7-12-9/h2-3,6,12H,4-5,7H2,1H3. The molecule has 1 aliphatic heterocycles. The minimum atomic E-state index is 0.0966. The minimum absolute atomic E-state index is 0.0966. The highest BCUT2D eigenvalue weighted by Crippen LogP contribution is 2.46. The molecule has 1 heterocycles. The van der Waals surface area contributed by atoms with Gasteiger partial charge < -0.3 is 14.8 Å². The van der Waals surface area contributed by atoms with Gasteiger partial charge in [-0.2, -0.15) is 0 Å². The third kappa shape index (κ3) is 1.12. The van der Waals surface area contributed by atoms with Crippen LogP contribution in [-0.4, -0.2) is 19.3 Å². The fraction of sp³-hybridized carbons (Fsp3) is 0.455. The Hall–Kier alpha value is -1.38. The maximum absolute atomic E-state index is 5.93. The van der Waals surface area contributed by atoms with E-state index in [-0.39, 0.29) is 5.60 Å². The number of benzene rings is 1. The number of nitrogens with one attached hydrogen (secondary N) is 1. The van der Waals surface area contributed by atoms with E-state index in [1.54, 1.807) is 7.11 Å². The normalized spacial score (nSPS) is 20.6. The molecule has 0 bridgehead atoms. The largest absolute Gasteiger partial charge is 0.497 e. The summed E-state index contributed by atoms with van der Waals surface area (Å²) < 4.78 is 11.1. The van der Waals surface area contributed by atoms with Gasteiger partial charge >= 0.3 is 0 Å². The van der Waals surface area contributed by atoms with Gasteiger partial charge in [0.25, 0.3) is 0 Å². The van der Waals surface area contributed by atoms with Crippen LogP contribution in [0.25, 0.3) is 0 Å². The first-order valence-corrected chi connectivity index (χ1v) is 4.92. The van der Waals surface area contributed by atoms with Crippen LogP contribution in [0.2, 0.25) is 0 Å². The van der Waals surface area contributed by atoms with Gasteiger partial charge in [-0.1, -0.05) is 0 Å². The van der Waals surface area contributed by atoms with Gasteiger partial charge in [0.05, 0.1) is 19.3 Å². The highest BCUT2D eigenvalue weighted by Gasteiger charge is 2.47. The lowest BCUT2D eigenvalue weighted by Crippen LogP contribution is -2.32.